The Kier molecular flexibility index (Phi) is 5.16. The predicted molar refractivity (Wildman–Crippen MR) is 93.3 cm³/mol. The van der Waals surface area contributed by atoms with Crippen LogP contribution in [0.1, 0.15) is 17.2 Å². The van der Waals surface area contributed by atoms with Crippen LogP contribution in [0.25, 0.3) is 0 Å². The van der Waals surface area contributed by atoms with Crippen LogP contribution in [0.5, 0.6) is 5.75 Å². The van der Waals surface area contributed by atoms with Gasteiger partial charge in [-0.1, -0.05) is 30.3 Å². The minimum Gasteiger partial charge on any atom is -0.491 e. The normalized spacial score (nSPS) is 11.4. The van der Waals surface area contributed by atoms with Gasteiger partial charge in [-0.2, -0.15) is 0 Å². The number of benzene rings is 1. The highest BCUT2D eigenvalue weighted by Gasteiger charge is 2.18. The highest BCUT2D eigenvalue weighted by Crippen LogP contribution is 2.22. The largest absolute Gasteiger partial charge is 0.491 e. The van der Waals surface area contributed by atoms with E-state index < -0.39 is 6.03 Å². The van der Waals surface area contributed by atoms with Gasteiger partial charge < -0.3 is 10.1 Å². The fraction of sp³-hybridized carbons (Fsp3) is 0.111. The summed E-state index contributed by atoms with van der Waals surface area (Å²) in [5.74, 6) is 0.689. The number of rotatable bonds is 5. The van der Waals surface area contributed by atoms with Crippen LogP contribution in [0, 0.1) is 0 Å². The third-order valence-corrected chi connectivity index (χ3v) is 3.58. The maximum Gasteiger partial charge on any atom is 0.321 e. The Morgan fingerprint density at radius 3 is 2.48 bits per heavy atom. The van der Waals surface area contributed by atoms with E-state index >= 15 is 0 Å². The lowest BCUT2D eigenvalue weighted by atomic mass is 10.00. The lowest BCUT2D eigenvalue weighted by Gasteiger charge is -2.20. The van der Waals surface area contributed by atoms with Gasteiger partial charge in [-0.3, -0.25) is 10.3 Å². The van der Waals surface area contributed by atoms with E-state index in [2.05, 4.69) is 25.6 Å². The number of carbonyl (C=O) groups is 1. The molecule has 0 saturated heterocycles. The average Bonchev–Trinajstić information content (AvgIpc) is 2.68. The first-order valence-corrected chi connectivity index (χ1v) is 7.64. The minimum absolute atomic E-state index is 0.302. The summed E-state index contributed by atoms with van der Waals surface area (Å²) in [5, 5.41) is 5.65. The molecular formula is C18H17N5O2. The number of aromatic nitrogens is 3. The van der Waals surface area contributed by atoms with Gasteiger partial charge >= 0.3 is 6.03 Å². The third kappa shape index (κ3) is 4.08. The fourth-order valence-electron chi connectivity index (χ4n) is 2.40. The molecule has 0 radical (unpaired) electrons. The molecule has 3 rings (SSSR count). The zero-order valence-electron chi connectivity index (χ0n) is 13.6. The standard InChI is InChI=1S/C18H17N5O2/c1-25-15-11-20-12-21-17(15)23-18(24)22-16(13-5-3-2-4-6-13)14-7-9-19-10-8-14/h2-12,16H,1H3,(H2,20,21,22,23,24)/t16-/m1/s1. The Balaban J connectivity index is 1.82. The second-order valence-corrected chi connectivity index (χ2v) is 5.16. The molecule has 0 bridgehead atoms. The van der Waals surface area contributed by atoms with Gasteiger partial charge in [0.25, 0.3) is 0 Å². The summed E-state index contributed by atoms with van der Waals surface area (Å²) < 4.78 is 5.14. The summed E-state index contributed by atoms with van der Waals surface area (Å²) >= 11 is 0. The Morgan fingerprint density at radius 2 is 1.76 bits per heavy atom. The van der Waals surface area contributed by atoms with Crippen molar-refractivity contribution in [2.45, 2.75) is 6.04 Å². The number of anilines is 1. The quantitative estimate of drug-likeness (QED) is 0.748. The highest BCUT2D eigenvalue weighted by atomic mass is 16.5. The smallest absolute Gasteiger partial charge is 0.321 e. The zero-order valence-corrected chi connectivity index (χ0v) is 13.6. The van der Waals surface area contributed by atoms with Crippen molar-refractivity contribution < 1.29 is 9.53 Å². The molecule has 0 saturated carbocycles. The summed E-state index contributed by atoms with van der Waals surface area (Å²) in [6.07, 6.45) is 6.21. The summed E-state index contributed by atoms with van der Waals surface area (Å²) in [4.78, 5) is 24.4. The monoisotopic (exact) mass is 335 g/mol. The number of nitrogens with one attached hydrogen (secondary N) is 2. The second-order valence-electron chi connectivity index (χ2n) is 5.16. The summed E-state index contributed by atoms with van der Waals surface area (Å²) in [6.45, 7) is 0. The van der Waals surface area contributed by atoms with Crippen molar-refractivity contribution in [1.82, 2.24) is 20.3 Å². The van der Waals surface area contributed by atoms with Crippen LogP contribution < -0.4 is 15.4 Å². The molecule has 0 aliphatic heterocycles. The molecule has 2 heterocycles. The van der Waals surface area contributed by atoms with Crippen LogP contribution in [-0.2, 0) is 0 Å². The van der Waals surface area contributed by atoms with Gasteiger partial charge in [0.05, 0.1) is 19.3 Å². The molecule has 7 heteroatoms. The first-order chi connectivity index (χ1) is 12.3. The van der Waals surface area contributed by atoms with Gasteiger partial charge in [0.2, 0.25) is 0 Å². The van der Waals surface area contributed by atoms with Gasteiger partial charge in [0.1, 0.15) is 6.33 Å². The fourth-order valence-corrected chi connectivity index (χ4v) is 2.40. The van der Waals surface area contributed by atoms with Crippen LogP contribution >= 0.6 is 0 Å². The number of pyridine rings is 1. The molecule has 126 valence electrons. The maximum absolute atomic E-state index is 12.5. The van der Waals surface area contributed by atoms with Crippen molar-refractivity contribution in [1.29, 1.82) is 0 Å². The van der Waals surface area contributed by atoms with Crippen LogP contribution in [0.15, 0.2) is 67.4 Å². The van der Waals surface area contributed by atoms with E-state index in [0.29, 0.717) is 11.6 Å². The number of ether oxygens (including phenoxy) is 1. The second kappa shape index (κ2) is 7.87. The maximum atomic E-state index is 12.5. The van der Waals surface area contributed by atoms with E-state index in [0.717, 1.165) is 11.1 Å². The predicted octanol–water partition coefficient (Wildman–Crippen LogP) is 2.79. The van der Waals surface area contributed by atoms with E-state index in [9.17, 15) is 4.79 Å². The molecule has 0 spiro atoms. The van der Waals surface area contributed by atoms with Crippen molar-refractivity contribution in [2.24, 2.45) is 0 Å². The lowest BCUT2D eigenvalue weighted by molar-refractivity contribution is 0.250. The molecule has 0 fully saturated rings. The SMILES string of the molecule is COc1cncnc1NC(=O)N[C@H](c1ccccc1)c1ccncc1. The number of nitrogens with zero attached hydrogens (tertiary/aromatic N) is 3. The van der Waals surface area contributed by atoms with Gasteiger partial charge in [0, 0.05) is 12.4 Å². The molecule has 0 unspecified atom stereocenters. The van der Waals surface area contributed by atoms with Gasteiger partial charge in [-0.15, -0.1) is 0 Å². The Bertz CT molecular complexity index is 788. The van der Waals surface area contributed by atoms with E-state index in [1.54, 1.807) is 12.4 Å². The molecule has 2 aromatic heterocycles. The third-order valence-electron chi connectivity index (χ3n) is 3.58. The molecule has 0 aliphatic carbocycles. The molecule has 2 N–H and O–H groups in total. The summed E-state index contributed by atoms with van der Waals surface area (Å²) in [6, 6.07) is 12.7. The minimum atomic E-state index is -0.400. The van der Waals surface area contributed by atoms with E-state index in [1.807, 2.05) is 42.5 Å². The summed E-state index contributed by atoms with van der Waals surface area (Å²) in [5.41, 5.74) is 1.88. The molecular weight excluding hydrogens is 318 g/mol. The van der Waals surface area contributed by atoms with Crippen molar-refractivity contribution in [3.05, 3.63) is 78.5 Å². The molecule has 1 atom stereocenters. The molecule has 2 amide bonds. The van der Waals surface area contributed by atoms with Crippen molar-refractivity contribution in [3.63, 3.8) is 0 Å². The number of urea groups is 1. The van der Waals surface area contributed by atoms with Crippen LogP contribution in [0.4, 0.5) is 10.6 Å². The molecule has 1 aromatic carbocycles. The van der Waals surface area contributed by atoms with Gasteiger partial charge in [-0.05, 0) is 23.3 Å². The lowest BCUT2D eigenvalue weighted by Crippen LogP contribution is -2.33. The highest BCUT2D eigenvalue weighted by molar-refractivity contribution is 5.90. The number of amides is 2. The van der Waals surface area contributed by atoms with Crippen molar-refractivity contribution in [2.75, 3.05) is 12.4 Å². The molecule has 7 nitrogen and oxygen atoms in total. The molecule has 25 heavy (non-hydrogen) atoms. The first-order valence-electron chi connectivity index (χ1n) is 7.64. The van der Waals surface area contributed by atoms with Crippen LogP contribution in [0.3, 0.4) is 0 Å². The number of hydrogen-bond donors (Lipinski definition) is 2. The van der Waals surface area contributed by atoms with Gasteiger partial charge in [0.15, 0.2) is 11.6 Å². The van der Waals surface area contributed by atoms with Crippen LogP contribution in [-0.4, -0.2) is 28.1 Å². The van der Waals surface area contributed by atoms with Gasteiger partial charge in [-0.25, -0.2) is 14.8 Å². The average molecular weight is 335 g/mol. The first kappa shape index (κ1) is 16.4. The summed E-state index contributed by atoms with van der Waals surface area (Å²) in [7, 11) is 1.49. The van der Waals surface area contributed by atoms with E-state index in [4.69, 9.17) is 4.74 Å². The Labute approximate surface area is 145 Å². The Morgan fingerprint density at radius 1 is 1.04 bits per heavy atom. The molecule has 0 aliphatic rings. The van der Waals surface area contributed by atoms with Crippen LogP contribution in [0.2, 0.25) is 0 Å². The van der Waals surface area contributed by atoms with E-state index in [-0.39, 0.29) is 6.04 Å². The van der Waals surface area contributed by atoms with Crippen molar-refractivity contribution in [3.8, 4) is 5.75 Å². The van der Waals surface area contributed by atoms with Crippen molar-refractivity contribution >= 4 is 11.8 Å². The zero-order chi connectivity index (χ0) is 17.5. The molecule has 3 aromatic rings. The number of hydrogen-bond acceptors (Lipinski definition) is 5. The van der Waals surface area contributed by atoms with E-state index in [1.165, 1.54) is 19.6 Å². The number of carbonyl (C=O) groups excluding carboxylic acids is 1. The number of methoxy groups -OCH3 is 1. The topological polar surface area (TPSA) is 89.0 Å². The Hall–Kier alpha value is -3.48.